The number of amides is 1. The normalized spacial score (nSPS) is 11.5. The molecule has 9 heteroatoms. The molecule has 2 heterocycles. The van der Waals surface area contributed by atoms with E-state index in [1.165, 1.54) is 18.3 Å². The largest absolute Gasteiger partial charge is 0.497 e. The highest BCUT2D eigenvalue weighted by Crippen LogP contribution is 2.36. The van der Waals surface area contributed by atoms with Crippen LogP contribution in [-0.4, -0.2) is 19.1 Å². The van der Waals surface area contributed by atoms with Crippen LogP contribution in [0.3, 0.4) is 0 Å². The Hall–Kier alpha value is -4.58. The molecule has 3 aromatic carbocycles. The lowest BCUT2D eigenvalue weighted by atomic mass is 10.0. The summed E-state index contributed by atoms with van der Waals surface area (Å²) in [6.45, 7) is 1.53. The summed E-state index contributed by atoms with van der Waals surface area (Å²) in [5, 5.41) is 15.7. The molecule has 194 valence electrons. The number of fused-ring (bicyclic) bond motifs is 1. The van der Waals surface area contributed by atoms with Gasteiger partial charge in [-0.25, -0.2) is 0 Å². The van der Waals surface area contributed by atoms with Crippen molar-refractivity contribution in [3.63, 3.8) is 0 Å². The van der Waals surface area contributed by atoms with Gasteiger partial charge in [-0.15, -0.1) is 11.3 Å². The molecule has 1 unspecified atom stereocenters. The van der Waals surface area contributed by atoms with Crippen molar-refractivity contribution in [1.82, 2.24) is 0 Å². The molecule has 7 nitrogen and oxygen atoms in total. The van der Waals surface area contributed by atoms with Crippen LogP contribution in [0.4, 0.5) is 5.00 Å². The number of hydrogen-bond acceptors (Lipinski definition) is 7. The lowest BCUT2D eigenvalue weighted by Gasteiger charge is -2.17. The Kier molecular flexibility index (Phi) is 7.37. The van der Waals surface area contributed by atoms with Crippen LogP contribution in [0.5, 0.6) is 11.5 Å². The van der Waals surface area contributed by atoms with E-state index in [-0.39, 0.29) is 11.5 Å². The number of thiophene rings is 1. The number of carbonyl (C=O) groups is 1. The van der Waals surface area contributed by atoms with Crippen molar-refractivity contribution in [3.8, 4) is 40.0 Å². The molecule has 0 radical (unpaired) electrons. The maximum absolute atomic E-state index is 13.4. The Morgan fingerprint density at radius 2 is 1.74 bits per heavy atom. The fourth-order valence-electron chi connectivity index (χ4n) is 4.01. The average molecular weight is 557 g/mol. The molecule has 0 spiro atoms. The van der Waals surface area contributed by atoms with Crippen molar-refractivity contribution in [2.24, 2.45) is 0 Å². The number of nitrogens with one attached hydrogen (secondary N) is 1. The Labute approximate surface area is 232 Å². The summed E-state index contributed by atoms with van der Waals surface area (Å²) in [6, 6.07) is 23.0. The van der Waals surface area contributed by atoms with E-state index in [1.807, 2.05) is 12.1 Å². The zero-order valence-corrected chi connectivity index (χ0v) is 22.4. The van der Waals surface area contributed by atoms with Crippen LogP contribution >= 0.6 is 22.9 Å². The maximum atomic E-state index is 13.4. The lowest BCUT2D eigenvalue weighted by molar-refractivity contribution is -0.122. The predicted octanol–water partition coefficient (Wildman–Crippen LogP) is 7.13. The zero-order valence-electron chi connectivity index (χ0n) is 20.9. The molecular formula is C30H21ClN2O5S. The SMILES string of the molecule is COc1ccc(-c2csc(NC(=O)C(C)Oc3c(-c4ccc(Cl)cc4)oc4ccccc4c3=O)c2C#N)cc1. The van der Waals surface area contributed by atoms with E-state index in [2.05, 4.69) is 11.4 Å². The molecule has 0 bridgehead atoms. The van der Waals surface area contributed by atoms with Crippen molar-refractivity contribution in [1.29, 1.82) is 5.26 Å². The topological polar surface area (TPSA) is 102 Å². The van der Waals surface area contributed by atoms with Crippen molar-refractivity contribution in [2.75, 3.05) is 12.4 Å². The van der Waals surface area contributed by atoms with Gasteiger partial charge in [-0.2, -0.15) is 5.26 Å². The van der Waals surface area contributed by atoms with Gasteiger partial charge in [0.2, 0.25) is 11.2 Å². The van der Waals surface area contributed by atoms with Gasteiger partial charge in [-0.05, 0) is 61.0 Å². The summed E-state index contributed by atoms with van der Waals surface area (Å²) in [7, 11) is 1.58. The summed E-state index contributed by atoms with van der Waals surface area (Å²) >= 11 is 7.27. The third-order valence-corrected chi connectivity index (χ3v) is 7.21. The third kappa shape index (κ3) is 5.23. The molecule has 1 N–H and O–H groups in total. The highest BCUT2D eigenvalue weighted by atomic mass is 35.5. The van der Waals surface area contributed by atoms with Gasteiger partial charge < -0.3 is 19.2 Å². The first-order valence-corrected chi connectivity index (χ1v) is 13.1. The van der Waals surface area contributed by atoms with Crippen LogP contribution in [-0.2, 0) is 4.79 Å². The molecule has 1 atom stereocenters. The highest BCUT2D eigenvalue weighted by molar-refractivity contribution is 7.15. The van der Waals surface area contributed by atoms with Gasteiger partial charge in [-0.3, -0.25) is 9.59 Å². The first-order valence-electron chi connectivity index (χ1n) is 11.8. The molecule has 0 aliphatic heterocycles. The van der Waals surface area contributed by atoms with E-state index in [1.54, 1.807) is 73.2 Å². The van der Waals surface area contributed by atoms with E-state index in [0.29, 0.717) is 43.4 Å². The molecule has 0 aliphatic rings. The number of carbonyl (C=O) groups excluding carboxylic acids is 1. The fourth-order valence-corrected chi connectivity index (χ4v) is 5.06. The van der Waals surface area contributed by atoms with Crippen LogP contribution < -0.4 is 20.2 Å². The van der Waals surface area contributed by atoms with E-state index >= 15 is 0 Å². The minimum Gasteiger partial charge on any atom is -0.497 e. The standard InChI is InChI=1S/C30H21ClN2O5S/c1-17(29(35)33-30-23(15-32)24(16-39-30)18-9-13-21(36-2)14-10-18)37-28-26(34)22-5-3-4-6-25(22)38-27(28)19-7-11-20(31)12-8-19/h3-14,16-17H,1-2H3,(H,33,35). The van der Waals surface area contributed by atoms with E-state index < -0.39 is 17.4 Å². The van der Waals surface area contributed by atoms with Gasteiger partial charge in [0.1, 0.15) is 22.4 Å². The Morgan fingerprint density at radius 1 is 1.05 bits per heavy atom. The van der Waals surface area contributed by atoms with Gasteiger partial charge in [0.25, 0.3) is 5.91 Å². The number of methoxy groups -OCH3 is 1. The van der Waals surface area contributed by atoms with Crippen LogP contribution in [0, 0.1) is 11.3 Å². The molecule has 0 fully saturated rings. The Balaban J connectivity index is 1.45. The number of rotatable bonds is 7. The summed E-state index contributed by atoms with van der Waals surface area (Å²) in [5.41, 5.74) is 2.39. The lowest BCUT2D eigenvalue weighted by Crippen LogP contribution is -2.31. The molecule has 1 amide bonds. The fraction of sp³-hybridized carbons (Fsp3) is 0.100. The number of ether oxygens (including phenoxy) is 2. The van der Waals surface area contributed by atoms with Gasteiger partial charge in [0.05, 0.1) is 18.1 Å². The summed E-state index contributed by atoms with van der Waals surface area (Å²) in [5.74, 6) is 0.266. The van der Waals surface area contributed by atoms with Crippen molar-refractivity contribution < 1.29 is 18.7 Å². The monoisotopic (exact) mass is 556 g/mol. The zero-order chi connectivity index (χ0) is 27.5. The summed E-state index contributed by atoms with van der Waals surface area (Å²) in [4.78, 5) is 26.6. The molecule has 5 aromatic rings. The third-order valence-electron chi connectivity index (χ3n) is 6.07. The van der Waals surface area contributed by atoms with Gasteiger partial charge in [0, 0.05) is 21.5 Å². The molecule has 0 saturated heterocycles. The second kappa shape index (κ2) is 11.0. The number of halogens is 1. The van der Waals surface area contributed by atoms with Crippen LogP contribution in [0.25, 0.3) is 33.4 Å². The highest BCUT2D eigenvalue weighted by Gasteiger charge is 2.24. The van der Waals surface area contributed by atoms with E-state index in [4.69, 9.17) is 25.5 Å². The second-order valence-corrected chi connectivity index (χ2v) is 9.85. The first kappa shape index (κ1) is 26.0. The molecule has 39 heavy (non-hydrogen) atoms. The number of nitrogens with zero attached hydrogens (tertiary/aromatic N) is 1. The van der Waals surface area contributed by atoms with Crippen molar-refractivity contribution in [3.05, 3.63) is 99.0 Å². The summed E-state index contributed by atoms with van der Waals surface area (Å²) in [6.07, 6.45) is -1.09. The maximum Gasteiger partial charge on any atom is 0.265 e. The molecular weight excluding hydrogens is 536 g/mol. The van der Waals surface area contributed by atoms with Crippen LogP contribution in [0.15, 0.2) is 87.4 Å². The minimum absolute atomic E-state index is 0.0933. The number of para-hydroxylation sites is 1. The van der Waals surface area contributed by atoms with Crippen molar-refractivity contribution >= 4 is 44.8 Å². The van der Waals surface area contributed by atoms with Gasteiger partial charge in [0.15, 0.2) is 11.9 Å². The van der Waals surface area contributed by atoms with Crippen molar-refractivity contribution in [2.45, 2.75) is 13.0 Å². The smallest absolute Gasteiger partial charge is 0.265 e. The Morgan fingerprint density at radius 3 is 2.44 bits per heavy atom. The number of nitriles is 1. The molecule has 0 saturated carbocycles. The molecule has 0 aliphatic carbocycles. The molecule has 5 rings (SSSR count). The number of anilines is 1. The minimum atomic E-state index is -1.09. The van der Waals surface area contributed by atoms with E-state index in [0.717, 1.165) is 5.56 Å². The van der Waals surface area contributed by atoms with E-state index in [9.17, 15) is 14.9 Å². The van der Waals surface area contributed by atoms with Crippen LogP contribution in [0.1, 0.15) is 12.5 Å². The predicted molar refractivity (Wildman–Crippen MR) is 153 cm³/mol. The van der Waals surface area contributed by atoms with Crippen LogP contribution in [0.2, 0.25) is 5.02 Å². The Bertz CT molecular complexity index is 1770. The van der Waals surface area contributed by atoms with Gasteiger partial charge >= 0.3 is 0 Å². The molecule has 2 aromatic heterocycles. The quantitative estimate of drug-likeness (QED) is 0.229. The first-order chi connectivity index (χ1) is 18.9. The average Bonchev–Trinajstić information content (AvgIpc) is 3.37. The number of hydrogen-bond donors (Lipinski definition) is 1. The van der Waals surface area contributed by atoms with Gasteiger partial charge in [-0.1, -0.05) is 35.9 Å². The summed E-state index contributed by atoms with van der Waals surface area (Å²) < 4.78 is 17.2. The number of benzene rings is 3. The second-order valence-electron chi connectivity index (χ2n) is 8.54.